The Morgan fingerprint density at radius 2 is 1.94 bits per heavy atom. The zero-order valence-electron chi connectivity index (χ0n) is 11.1. The molecule has 3 rings (SSSR count). The summed E-state index contributed by atoms with van der Waals surface area (Å²) in [6, 6.07) is 7.22. The van der Waals surface area contributed by atoms with Gasteiger partial charge >= 0.3 is 0 Å². The molecular formula is C16H23N. The molecule has 0 unspecified atom stereocenters. The zero-order chi connectivity index (χ0) is 11.9. The molecule has 0 saturated carbocycles. The smallest absolute Gasteiger partial charge is 0.00133 e. The number of likely N-dealkylation sites (tertiary alicyclic amines) is 1. The van der Waals surface area contributed by atoms with Crippen molar-refractivity contribution in [3.63, 3.8) is 0 Å². The summed E-state index contributed by atoms with van der Waals surface area (Å²) in [5.74, 6) is 0. The number of aryl methyl sites for hydroxylation is 2. The van der Waals surface area contributed by atoms with Crippen LogP contribution in [-0.4, -0.2) is 25.0 Å². The summed E-state index contributed by atoms with van der Waals surface area (Å²) in [7, 11) is 2.26. The predicted octanol–water partition coefficient (Wildman–Crippen LogP) is 3.16. The number of benzene rings is 1. The molecule has 1 heterocycles. The van der Waals surface area contributed by atoms with E-state index in [9.17, 15) is 0 Å². The van der Waals surface area contributed by atoms with Crippen LogP contribution in [0.25, 0.3) is 0 Å². The van der Waals surface area contributed by atoms with E-state index in [1.807, 2.05) is 0 Å². The van der Waals surface area contributed by atoms with Gasteiger partial charge in [-0.15, -0.1) is 0 Å². The number of fused-ring (bicyclic) bond motifs is 2. The van der Waals surface area contributed by atoms with E-state index in [1.165, 1.54) is 50.8 Å². The van der Waals surface area contributed by atoms with Crippen LogP contribution in [0, 0.1) is 0 Å². The van der Waals surface area contributed by atoms with E-state index in [0.29, 0.717) is 5.41 Å². The fourth-order valence-electron chi connectivity index (χ4n) is 3.63. The Kier molecular flexibility index (Phi) is 2.74. The third-order valence-corrected chi connectivity index (χ3v) is 4.97. The third kappa shape index (κ3) is 1.81. The molecule has 2 aliphatic rings. The monoisotopic (exact) mass is 229 g/mol. The number of nitrogens with zero attached hydrogens (tertiary/aromatic N) is 1. The molecule has 92 valence electrons. The van der Waals surface area contributed by atoms with Crippen LogP contribution in [0.2, 0.25) is 0 Å². The molecule has 1 aromatic carbocycles. The largest absolute Gasteiger partial charge is 0.306 e. The Morgan fingerprint density at radius 3 is 2.65 bits per heavy atom. The van der Waals surface area contributed by atoms with Crippen molar-refractivity contribution in [1.29, 1.82) is 0 Å². The van der Waals surface area contributed by atoms with Crippen LogP contribution in [0.15, 0.2) is 18.2 Å². The molecule has 1 nitrogen and oxygen atoms in total. The lowest BCUT2D eigenvalue weighted by Gasteiger charge is -2.38. The van der Waals surface area contributed by atoms with Crippen molar-refractivity contribution >= 4 is 0 Å². The fraction of sp³-hybridized carbons (Fsp3) is 0.625. The van der Waals surface area contributed by atoms with Gasteiger partial charge in [0, 0.05) is 0 Å². The van der Waals surface area contributed by atoms with Crippen LogP contribution in [0.1, 0.15) is 42.9 Å². The standard InChI is InChI=1S/C16H23N/c1-3-13-4-5-14-6-7-16(15(14)12-13)8-10-17(2)11-9-16/h4-5,12H,3,6-11H2,1-2H3. The quantitative estimate of drug-likeness (QED) is 0.715. The second-order valence-corrected chi connectivity index (χ2v) is 5.93. The first kappa shape index (κ1) is 11.3. The summed E-state index contributed by atoms with van der Waals surface area (Å²) in [5, 5.41) is 0. The van der Waals surface area contributed by atoms with Crippen molar-refractivity contribution in [3.8, 4) is 0 Å². The van der Waals surface area contributed by atoms with Crippen LogP contribution < -0.4 is 0 Å². The van der Waals surface area contributed by atoms with Crippen LogP contribution >= 0.6 is 0 Å². The Hall–Kier alpha value is -0.820. The molecule has 0 aromatic heterocycles. The first-order valence-electron chi connectivity index (χ1n) is 7.04. The maximum Gasteiger partial charge on any atom is -0.00133 e. The first-order valence-corrected chi connectivity index (χ1v) is 7.04. The maximum absolute atomic E-state index is 2.51. The average molecular weight is 229 g/mol. The molecule has 0 amide bonds. The number of hydrogen-bond donors (Lipinski definition) is 0. The van der Waals surface area contributed by atoms with E-state index in [-0.39, 0.29) is 0 Å². The molecule has 0 atom stereocenters. The van der Waals surface area contributed by atoms with Crippen molar-refractivity contribution < 1.29 is 0 Å². The van der Waals surface area contributed by atoms with Gasteiger partial charge in [0.2, 0.25) is 0 Å². The molecule has 1 saturated heterocycles. The highest BCUT2D eigenvalue weighted by Crippen LogP contribution is 2.46. The Bertz CT molecular complexity index is 414. The third-order valence-electron chi connectivity index (χ3n) is 4.97. The van der Waals surface area contributed by atoms with Gasteiger partial charge in [0.25, 0.3) is 0 Å². The number of piperidine rings is 1. The Labute approximate surface area is 105 Å². The summed E-state index contributed by atoms with van der Waals surface area (Å²) in [6.45, 7) is 4.81. The van der Waals surface area contributed by atoms with Crippen LogP contribution in [0.3, 0.4) is 0 Å². The molecule has 17 heavy (non-hydrogen) atoms. The summed E-state index contributed by atoms with van der Waals surface area (Å²) < 4.78 is 0. The van der Waals surface area contributed by atoms with Crippen molar-refractivity contribution in [2.45, 2.75) is 44.4 Å². The van der Waals surface area contributed by atoms with Gasteiger partial charge in [-0.05, 0) is 74.3 Å². The highest BCUT2D eigenvalue weighted by molar-refractivity contribution is 5.42. The topological polar surface area (TPSA) is 3.24 Å². The summed E-state index contributed by atoms with van der Waals surface area (Å²) in [4.78, 5) is 2.48. The minimum absolute atomic E-state index is 0.535. The van der Waals surface area contributed by atoms with Crippen molar-refractivity contribution in [2.75, 3.05) is 20.1 Å². The van der Waals surface area contributed by atoms with E-state index in [2.05, 4.69) is 37.1 Å². The van der Waals surface area contributed by atoms with E-state index in [1.54, 1.807) is 11.1 Å². The fourth-order valence-corrected chi connectivity index (χ4v) is 3.63. The molecule has 1 fully saturated rings. The molecule has 0 bridgehead atoms. The van der Waals surface area contributed by atoms with Gasteiger partial charge < -0.3 is 4.90 Å². The molecule has 0 N–H and O–H groups in total. The normalized spacial score (nSPS) is 22.9. The highest BCUT2D eigenvalue weighted by atomic mass is 15.1. The molecule has 0 radical (unpaired) electrons. The summed E-state index contributed by atoms with van der Waals surface area (Å²) in [5.41, 5.74) is 5.38. The molecule has 1 aromatic rings. The Morgan fingerprint density at radius 1 is 1.18 bits per heavy atom. The summed E-state index contributed by atoms with van der Waals surface area (Å²) in [6.07, 6.45) is 6.60. The first-order chi connectivity index (χ1) is 8.23. The van der Waals surface area contributed by atoms with E-state index < -0.39 is 0 Å². The van der Waals surface area contributed by atoms with Gasteiger partial charge in [-0.2, -0.15) is 0 Å². The van der Waals surface area contributed by atoms with Gasteiger partial charge in [0.15, 0.2) is 0 Å². The van der Waals surface area contributed by atoms with Crippen molar-refractivity contribution in [2.24, 2.45) is 0 Å². The van der Waals surface area contributed by atoms with Gasteiger partial charge in [-0.1, -0.05) is 25.1 Å². The van der Waals surface area contributed by atoms with E-state index in [0.717, 1.165) is 0 Å². The zero-order valence-corrected chi connectivity index (χ0v) is 11.1. The molecule has 1 spiro atoms. The van der Waals surface area contributed by atoms with Crippen LogP contribution in [-0.2, 0) is 18.3 Å². The Balaban J connectivity index is 1.96. The lowest BCUT2D eigenvalue weighted by molar-refractivity contribution is 0.187. The van der Waals surface area contributed by atoms with Gasteiger partial charge in [-0.25, -0.2) is 0 Å². The van der Waals surface area contributed by atoms with Crippen molar-refractivity contribution in [1.82, 2.24) is 4.90 Å². The average Bonchev–Trinajstić information content (AvgIpc) is 2.72. The number of hydrogen-bond acceptors (Lipinski definition) is 1. The van der Waals surface area contributed by atoms with Crippen LogP contribution in [0.4, 0.5) is 0 Å². The highest BCUT2D eigenvalue weighted by Gasteiger charge is 2.40. The van der Waals surface area contributed by atoms with E-state index in [4.69, 9.17) is 0 Å². The maximum atomic E-state index is 2.51. The number of rotatable bonds is 1. The van der Waals surface area contributed by atoms with Gasteiger partial charge in [0.05, 0.1) is 0 Å². The molecule has 1 aliphatic carbocycles. The van der Waals surface area contributed by atoms with Gasteiger partial charge in [0.1, 0.15) is 0 Å². The molecule has 1 aliphatic heterocycles. The SMILES string of the molecule is CCc1ccc2c(c1)C1(CC2)CCN(C)CC1. The van der Waals surface area contributed by atoms with Gasteiger partial charge in [-0.3, -0.25) is 0 Å². The lowest BCUT2D eigenvalue weighted by Crippen LogP contribution is -2.39. The predicted molar refractivity (Wildman–Crippen MR) is 72.6 cm³/mol. The summed E-state index contributed by atoms with van der Waals surface area (Å²) >= 11 is 0. The van der Waals surface area contributed by atoms with Crippen molar-refractivity contribution in [3.05, 3.63) is 34.9 Å². The van der Waals surface area contributed by atoms with E-state index >= 15 is 0 Å². The second kappa shape index (κ2) is 4.13. The second-order valence-electron chi connectivity index (χ2n) is 5.93. The molecular weight excluding hydrogens is 206 g/mol. The lowest BCUT2D eigenvalue weighted by atomic mass is 9.73. The molecule has 1 heteroatoms. The minimum atomic E-state index is 0.535. The van der Waals surface area contributed by atoms with Crippen LogP contribution in [0.5, 0.6) is 0 Å². The minimum Gasteiger partial charge on any atom is -0.306 e.